The molecule has 0 unspecified atom stereocenters. The van der Waals surface area contributed by atoms with E-state index in [4.69, 9.17) is 14.4 Å². The van der Waals surface area contributed by atoms with Crippen LogP contribution >= 0.6 is 0 Å². The molecule has 0 fully saturated rings. The maximum absolute atomic E-state index is 6.60. The van der Waals surface area contributed by atoms with Gasteiger partial charge in [0.15, 0.2) is 0 Å². The Bertz CT molecular complexity index is 3100. The Morgan fingerprint density at radius 2 is 1.23 bits per heavy atom. The number of benzene rings is 8. The van der Waals surface area contributed by atoms with Crippen molar-refractivity contribution in [2.24, 2.45) is 0 Å². The van der Waals surface area contributed by atoms with Gasteiger partial charge < -0.3 is 4.42 Å². The van der Waals surface area contributed by atoms with Gasteiger partial charge >= 0.3 is 0 Å². The highest BCUT2D eigenvalue weighted by molar-refractivity contribution is 6.22. The highest BCUT2D eigenvalue weighted by Crippen LogP contribution is 2.43. The first-order valence-electron chi connectivity index (χ1n) is 18.3. The molecule has 53 heavy (non-hydrogen) atoms. The van der Waals surface area contributed by atoms with Crippen molar-refractivity contribution in [3.8, 4) is 33.5 Å². The number of rotatable bonds is 4. The first-order valence-corrected chi connectivity index (χ1v) is 18.3. The van der Waals surface area contributed by atoms with Crippen molar-refractivity contribution < 1.29 is 4.42 Å². The molecule has 0 atom stereocenters. The average Bonchev–Trinajstić information content (AvgIpc) is 3.64. The van der Waals surface area contributed by atoms with Crippen LogP contribution in [0.5, 0.6) is 0 Å². The van der Waals surface area contributed by atoms with E-state index in [-0.39, 0.29) is 0 Å². The molecule has 10 aromatic rings. The third kappa shape index (κ3) is 4.82. The van der Waals surface area contributed by atoms with Crippen LogP contribution in [0.15, 0.2) is 168 Å². The zero-order valence-corrected chi connectivity index (χ0v) is 28.9. The van der Waals surface area contributed by atoms with Crippen molar-refractivity contribution in [3.63, 3.8) is 0 Å². The molecular weight excluding hydrogens is 645 g/mol. The summed E-state index contributed by atoms with van der Waals surface area (Å²) in [5.74, 6) is 0. The standard InChI is InChI=1S/C50H32N2O/c1-3-12-31(13-4-1)33-22-24-39-43(27-33)44-28-34(32-14-5-2-6-15-32)23-25-40(44)49-48(39)51-30-45(52-49)37-18-11-17-35(26-37)42-29-36-16-7-8-19-38(36)47-41-20-9-10-21-46(41)53-50(42)47/h1-22,24,26-30H,23,25H2. The number of nitrogens with zero attached hydrogens (tertiary/aromatic N) is 2. The minimum Gasteiger partial charge on any atom is -0.455 e. The summed E-state index contributed by atoms with van der Waals surface area (Å²) in [4.78, 5) is 10.6. The van der Waals surface area contributed by atoms with Crippen molar-refractivity contribution in [3.05, 3.63) is 181 Å². The second-order valence-electron chi connectivity index (χ2n) is 14.0. The summed E-state index contributed by atoms with van der Waals surface area (Å²) in [5.41, 5.74) is 15.3. The molecule has 0 amide bonds. The Balaban J connectivity index is 1.11. The van der Waals surface area contributed by atoms with Gasteiger partial charge in [-0.05, 0) is 92.2 Å². The number of hydrogen-bond donors (Lipinski definition) is 0. The van der Waals surface area contributed by atoms with Gasteiger partial charge in [0.1, 0.15) is 11.2 Å². The lowest BCUT2D eigenvalue weighted by atomic mass is 9.84. The van der Waals surface area contributed by atoms with Crippen LogP contribution < -0.4 is 0 Å². The molecule has 3 heteroatoms. The number of allylic oxidation sites excluding steroid dienone is 1. The zero-order valence-electron chi connectivity index (χ0n) is 28.9. The summed E-state index contributed by atoms with van der Waals surface area (Å²) in [5, 5.41) is 7.02. The second-order valence-corrected chi connectivity index (χ2v) is 14.0. The molecule has 0 saturated carbocycles. The van der Waals surface area contributed by atoms with Gasteiger partial charge in [-0.3, -0.25) is 4.98 Å². The lowest BCUT2D eigenvalue weighted by Crippen LogP contribution is -2.04. The third-order valence-electron chi connectivity index (χ3n) is 11.0. The van der Waals surface area contributed by atoms with Crippen LogP contribution in [0.25, 0.3) is 99.7 Å². The summed E-state index contributed by atoms with van der Waals surface area (Å²) in [6, 6.07) is 56.0. The Kier molecular flexibility index (Phi) is 6.68. The number of hydrogen-bond acceptors (Lipinski definition) is 3. The highest BCUT2D eigenvalue weighted by atomic mass is 16.3. The van der Waals surface area contributed by atoms with Gasteiger partial charge in [-0.25, -0.2) is 4.98 Å². The molecule has 8 aromatic carbocycles. The monoisotopic (exact) mass is 676 g/mol. The van der Waals surface area contributed by atoms with Gasteiger partial charge in [0.2, 0.25) is 0 Å². The number of fused-ring (bicyclic) bond motifs is 11. The summed E-state index contributed by atoms with van der Waals surface area (Å²) in [6.07, 6.45) is 6.20. The first kappa shape index (κ1) is 29.8. The molecule has 1 aliphatic rings. The smallest absolute Gasteiger partial charge is 0.143 e. The van der Waals surface area contributed by atoms with E-state index in [0.717, 1.165) is 73.6 Å². The van der Waals surface area contributed by atoms with E-state index in [9.17, 15) is 0 Å². The molecule has 0 radical (unpaired) electrons. The Morgan fingerprint density at radius 3 is 2.09 bits per heavy atom. The van der Waals surface area contributed by atoms with Crippen molar-refractivity contribution in [1.82, 2.24) is 9.97 Å². The minimum atomic E-state index is 0.862. The third-order valence-corrected chi connectivity index (χ3v) is 11.0. The van der Waals surface area contributed by atoms with E-state index < -0.39 is 0 Å². The summed E-state index contributed by atoms with van der Waals surface area (Å²) in [6.45, 7) is 0. The van der Waals surface area contributed by atoms with Gasteiger partial charge in [-0.1, -0.05) is 140 Å². The molecule has 0 spiro atoms. The van der Waals surface area contributed by atoms with E-state index in [0.29, 0.717) is 0 Å². The van der Waals surface area contributed by atoms with E-state index in [1.54, 1.807) is 0 Å². The van der Waals surface area contributed by atoms with Crippen LogP contribution in [0.1, 0.15) is 23.1 Å². The van der Waals surface area contributed by atoms with Crippen molar-refractivity contribution >= 4 is 66.2 Å². The van der Waals surface area contributed by atoms with Crippen LogP contribution in [0.3, 0.4) is 0 Å². The molecular formula is C50H32N2O. The van der Waals surface area contributed by atoms with Crippen LogP contribution in [0, 0.1) is 0 Å². The number of aromatic nitrogens is 2. The van der Waals surface area contributed by atoms with E-state index >= 15 is 0 Å². The predicted octanol–water partition coefficient (Wildman–Crippen LogP) is 13.3. The Labute approximate surface area is 306 Å². The molecule has 3 nitrogen and oxygen atoms in total. The fourth-order valence-corrected chi connectivity index (χ4v) is 8.45. The number of furan rings is 1. The van der Waals surface area contributed by atoms with Crippen molar-refractivity contribution in [2.45, 2.75) is 12.8 Å². The summed E-state index contributed by atoms with van der Waals surface area (Å²) >= 11 is 0. The average molecular weight is 677 g/mol. The quantitative estimate of drug-likeness (QED) is 0.174. The van der Waals surface area contributed by atoms with Gasteiger partial charge in [-0.2, -0.15) is 0 Å². The topological polar surface area (TPSA) is 38.9 Å². The number of aryl methyl sites for hydroxylation is 1. The first-order chi connectivity index (χ1) is 26.3. The van der Waals surface area contributed by atoms with Gasteiger partial charge in [0.25, 0.3) is 0 Å². The fraction of sp³-hybridized carbons (Fsp3) is 0.0400. The minimum absolute atomic E-state index is 0.862. The summed E-state index contributed by atoms with van der Waals surface area (Å²) < 4.78 is 6.60. The molecule has 248 valence electrons. The van der Waals surface area contributed by atoms with Crippen LogP contribution in [0.4, 0.5) is 0 Å². The van der Waals surface area contributed by atoms with Crippen LogP contribution in [-0.2, 0) is 6.42 Å². The second kappa shape index (κ2) is 11.9. The molecule has 11 rings (SSSR count). The van der Waals surface area contributed by atoms with E-state index in [1.807, 2.05) is 12.3 Å². The van der Waals surface area contributed by atoms with E-state index in [2.05, 4.69) is 158 Å². The normalized spacial score (nSPS) is 12.9. The van der Waals surface area contributed by atoms with Crippen molar-refractivity contribution in [1.29, 1.82) is 0 Å². The largest absolute Gasteiger partial charge is 0.455 e. The SMILES string of the molecule is C1=C(c2ccccc2)CCc2c1c1cc(-c3ccccc3)ccc1c1ncc(-c3cccc(-c4cc5ccccc5c5c4oc4ccccc45)c3)nc21. The molecule has 2 heterocycles. The molecule has 0 bridgehead atoms. The van der Waals surface area contributed by atoms with Crippen LogP contribution in [0.2, 0.25) is 0 Å². The lowest BCUT2D eigenvalue weighted by molar-refractivity contribution is 0.670. The molecule has 0 saturated heterocycles. The Morgan fingerprint density at radius 1 is 0.491 bits per heavy atom. The van der Waals surface area contributed by atoms with Crippen LogP contribution in [-0.4, -0.2) is 9.97 Å². The lowest BCUT2D eigenvalue weighted by Gasteiger charge is -2.21. The maximum atomic E-state index is 6.60. The van der Waals surface area contributed by atoms with Gasteiger partial charge in [0, 0.05) is 27.3 Å². The van der Waals surface area contributed by atoms with E-state index in [1.165, 1.54) is 49.5 Å². The maximum Gasteiger partial charge on any atom is 0.143 e. The molecule has 0 N–H and O–H groups in total. The predicted molar refractivity (Wildman–Crippen MR) is 221 cm³/mol. The summed E-state index contributed by atoms with van der Waals surface area (Å²) in [7, 11) is 0. The fourth-order valence-electron chi connectivity index (χ4n) is 8.45. The van der Waals surface area contributed by atoms with Crippen molar-refractivity contribution in [2.75, 3.05) is 0 Å². The Hall–Kier alpha value is -6.84. The van der Waals surface area contributed by atoms with Gasteiger partial charge in [0.05, 0.1) is 22.9 Å². The molecule has 2 aromatic heterocycles. The zero-order chi connectivity index (χ0) is 34.9. The number of para-hydroxylation sites is 1. The molecule has 0 aliphatic heterocycles. The highest BCUT2D eigenvalue weighted by Gasteiger charge is 2.22. The molecule has 1 aliphatic carbocycles. The van der Waals surface area contributed by atoms with Gasteiger partial charge in [-0.15, -0.1) is 0 Å².